The van der Waals surface area contributed by atoms with E-state index in [4.69, 9.17) is 4.74 Å². The van der Waals surface area contributed by atoms with E-state index in [1.165, 1.54) is 0 Å². The molecule has 0 radical (unpaired) electrons. The second-order valence-electron chi connectivity index (χ2n) is 5.34. The van der Waals surface area contributed by atoms with E-state index in [0.29, 0.717) is 11.5 Å². The molecule has 0 N–H and O–H groups in total. The number of nitrogens with zero attached hydrogens (tertiary/aromatic N) is 1. The molecule has 0 atom stereocenters. The van der Waals surface area contributed by atoms with Crippen molar-refractivity contribution in [2.75, 3.05) is 0 Å². The Bertz CT molecular complexity index is 855. The third-order valence-electron chi connectivity index (χ3n) is 3.48. The first kappa shape index (κ1) is 15.7. The number of aromatic nitrogens is 1. The van der Waals surface area contributed by atoms with Gasteiger partial charge in [0, 0.05) is 11.8 Å². The Labute approximate surface area is 141 Å². The first-order valence-electron chi connectivity index (χ1n) is 7.70. The number of pyridine rings is 1. The number of aryl methyl sites for hydroxylation is 1. The number of benzene rings is 2. The summed E-state index contributed by atoms with van der Waals surface area (Å²) in [6.45, 7) is 1.86. The van der Waals surface area contributed by atoms with Crippen LogP contribution in [-0.2, 0) is 4.79 Å². The van der Waals surface area contributed by atoms with Gasteiger partial charge in [0.25, 0.3) is 0 Å². The van der Waals surface area contributed by atoms with Crippen molar-refractivity contribution in [1.29, 1.82) is 0 Å². The molecule has 0 saturated carbocycles. The summed E-state index contributed by atoms with van der Waals surface area (Å²) in [5.74, 6) is -0.127. The zero-order valence-electron chi connectivity index (χ0n) is 13.3. The van der Waals surface area contributed by atoms with Gasteiger partial charge in [-0.25, -0.2) is 9.78 Å². The second kappa shape index (κ2) is 7.38. The molecule has 0 aliphatic carbocycles. The molecule has 0 aliphatic heterocycles. The number of rotatable bonds is 4. The van der Waals surface area contributed by atoms with Crippen LogP contribution in [0.4, 0.5) is 0 Å². The van der Waals surface area contributed by atoms with Crippen LogP contribution in [0.1, 0.15) is 16.8 Å². The topological polar surface area (TPSA) is 39.2 Å². The van der Waals surface area contributed by atoms with Crippen LogP contribution >= 0.6 is 0 Å². The average molecular weight is 315 g/mol. The van der Waals surface area contributed by atoms with Crippen LogP contribution in [0, 0.1) is 6.92 Å². The lowest BCUT2D eigenvalue weighted by molar-refractivity contribution is -0.128. The van der Waals surface area contributed by atoms with Crippen molar-refractivity contribution in [1.82, 2.24) is 4.98 Å². The minimum atomic E-state index is -0.428. The minimum absolute atomic E-state index is 0.301. The lowest BCUT2D eigenvalue weighted by atomic mass is 10.0. The van der Waals surface area contributed by atoms with E-state index in [-0.39, 0.29) is 0 Å². The summed E-state index contributed by atoms with van der Waals surface area (Å²) in [5, 5.41) is 0. The quantitative estimate of drug-likeness (QED) is 0.403. The highest BCUT2D eigenvalue weighted by Crippen LogP contribution is 2.21. The van der Waals surface area contributed by atoms with Gasteiger partial charge < -0.3 is 4.74 Å². The van der Waals surface area contributed by atoms with Crippen LogP contribution in [0.5, 0.6) is 5.88 Å². The molecule has 0 spiro atoms. The SMILES string of the molecule is Cc1cccc(OC(=O)C(=Cc2ccccc2)c2ccccc2)n1. The van der Waals surface area contributed by atoms with E-state index in [2.05, 4.69) is 4.98 Å². The summed E-state index contributed by atoms with van der Waals surface area (Å²) >= 11 is 0. The summed E-state index contributed by atoms with van der Waals surface area (Å²) < 4.78 is 5.47. The standard InChI is InChI=1S/C21H17NO2/c1-16-9-8-14-20(22-16)24-21(23)19(18-12-6-3-7-13-18)15-17-10-4-2-5-11-17/h2-15H,1H3. The van der Waals surface area contributed by atoms with Crippen molar-refractivity contribution in [2.24, 2.45) is 0 Å². The van der Waals surface area contributed by atoms with Gasteiger partial charge in [-0.2, -0.15) is 0 Å². The molecule has 0 bridgehead atoms. The maximum Gasteiger partial charge on any atom is 0.345 e. The Kier molecular flexibility index (Phi) is 4.82. The lowest BCUT2D eigenvalue weighted by Crippen LogP contribution is -2.11. The maximum atomic E-state index is 12.7. The molecule has 0 saturated heterocycles. The highest BCUT2D eigenvalue weighted by molar-refractivity contribution is 6.22. The van der Waals surface area contributed by atoms with Crippen LogP contribution in [-0.4, -0.2) is 11.0 Å². The molecule has 3 nitrogen and oxygen atoms in total. The Balaban J connectivity index is 1.95. The smallest absolute Gasteiger partial charge is 0.345 e. The van der Waals surface area contributed by atoms with Gasteiger partial charge >= 0.3 is 5.97 Å². The second-order valence-corrected chi connectivity index (χ2v) is 5.34. The molecule has 1 heterocycles. The van der Waals surface area contributed by atoms with Crippen LogP contribution in [0.2, 0.25) is 0 Å². The molecule has 0 amide bonds. The van der Waals surface area contributed by atoms with Crippen molar-refractivity contribution in [2.45, 2.75) is 6.92 Å². The molecule has 0 aliphatic rings. The molecule has 0 fully saturated rings. The van der Waals surface area contributed by atoms with Crippen molar-refractivity contribution in [3.05, 3.63) is 95.7 Å². The van der Waals surface area contributed by atoms with Crippen LogP contribution < -0.4 is 4.74 Å². The fraction of sp³-hybridized carbons (Fsp3) is 0.0476. The van der Waals surface area contributed by atoms with Gasteiger partial charge in [0.05, 0.1) is 5.57 Å². The fourth-order valence-corrected chi connectivity index (χ4v) is 2.32. The molecule has 24 heavy (non-hydrogen) atoms. The van der Waals surface area contributed by atoms with Crippen LogP contribution in [0.3, 0.4) is 0 Å². The summed E-state index contributed by atoms with van der Waals surface area (Å²) in [4.78, 5) is 16.9. The maximum absolute atomic E-state index is 12.7. The average Bonchev–Trinajstić information content (AvgIpc) is 2.61. The summed E-state index contributed by atoms with van der Waals surface area (Å²) in [6.07, 6.45) is 1.83. The Morgan fingerprint density at radius 1 is 0.875 bits per heavy atom. The largest absolute Gasteiger partial charge is 0.404 e. The van der Waals surface area contributed by atoms with Gasteiger partial charge in [0.15, 0.2) is 0 Å². The van der Waals surface area contributed by atoms with E-state index in [9.17, 15) is 4.79 Å². The highest BCUT2D eigenvalue weighted by atomic mass is 16.5. The van der Waals surface area contributed by atoms with E-state index in [1.807, 2.05) is 85.8 Å². The Morgan fingerprint density at radius 2 is 1.54 bits per heavy atom. The van der Waals surface area contributed by atoms with Gasteiger partial charge in [-0.3, -0.25) is 0 Å². The zero-order valence-corrected chi connectivity index (χ0v) is 13.3. The number of ether oxygens (including phenoxy) is 1. The minimum Gasteiger partial charge on any atom is -0.404 e. The van der Waals surface area contributed by atoms with Gasteiger partial charge in [-0.15, -0.1) is 0 Å². The third-order valence-corrected chi connectivity index (χ3v) is 3.48. The van der Waals surface area contributed by atoms with Gasteiger partial charge in [-0.05, 0) is 30.2 Å². The number of esters is 1. The summed E-state index contributed by atoms with van der Waals surface area (Å²) in [7, 11) is 0. The summed E-state index contributed by atoms with van der Waals surface area (Å²) in [5.41, 5.74) is 3.03. The zero-order chi connectivity index (χ0) is 16.8. The molecular formula is C21H17NO2. The fourth-order valence-electron chi connectivity index (χ4n) is 2.32. The molecule has 1 aromatic heterocycles. The molecule has 3 rings (SSSR count). The van der Waals surface area contributed by atoms with Crippen LogP contribution in [0.15, 0.2) is 78.9 Å². The van der Waals surface area contributed by atoms with Gasteiger partial charge in [0.1, 0.15) is 0 Å². The predicted octanol–water partition coefficient (Wildman–Crippen LogP) is 4.54. The highest BCUT2D eigenvalue weighted by Gasteiger charge is 2.15. The third kappa shape index (κ3) is 3.96. The van der Waals surface area contributed by atoms with Crippen molar-refractivity contribution < 1.29 is 9.53 Å². The first-order valence-corrected chi connectivity index (χ1v) is 7.70. The van der Waals surface area contributed by atoms with Crippen LogP contribution in [0.25, 0.3) is 11.6 Å². The monoisotopic (exact) mass is 315 g/mol. The molecule has 118 valence electrons. The lowest BCUT2D eigenvalue weighted by Gasteiger charge is -2.08. The summed E-state index contributed by atoms with van der Waals surface area (Å²) in [6, 6.07) is 24.5. The van der Waals surface area contributed by atoms with Gasteiger partial charge in [-0.1, -0.05) is 66.7 Å². The van der Waals surface area contributed by atoms with Gasteiger partial charge in [0.2, 0.25) is 5.88 Å². The van der Waals surface area contributed by atoms with Crippen molar-refractivity contribution >= 4 is 17.6 Å². The molecular weight excluding hydrogens is 298 g/mol. The van der Waals surface area contributed by atoms with E-state index in [0.717, 1.165) is 16.8 Å². The van der Waals surface area contributed by atoms with Crippen molar-refractivity contribution in [3.8, 4) is 5.88 Å². The van der Waals surface area contributed by atoms with E-state index in [1.54, 1.807) is 6.07 Å². The number of hydrogen-bond donors (Lipinski definition) is 0. The Morgan fingerprint density at radius 3 is 2.21 bits per heavy atom. The molecule has 2 aromatic carbocycles. The first-order chi connectivity index (χ1) is 11.7. The number of carbonyl (C=O) groups is 1. The van der Waals surface area contributed by atoms with E-state index >= 15 is 0 Å². The normalized spacial score (nSPS) is 11.1. The van der Waals surface area contributed by atoms with E-state index < -0.39 is 5.97 Å². The molecule has 3 aromatic rings. The number of hydrogen-bond acceptors (Lipinski definition) is 3. The molecule has 3 heteroatoms. The Hall–Kier alpha value is -3.20. The van der Waals surface area contributed by atoms with Crippen molar-refractivity contribution in [3.63, 3.8) is 0 Å². The molecule has 0 unspecified atom stereocenters. The predicted molar refractivity (Wildman–Crippen MR) is 95.4 cm³/mol. The number of carbonyl (C=O) groups excluding carboxylic acids is 1.